The Morgan fingerprint density at radius 2 is 2.18 bits per heavy atom. The van der Waals surface area contributed by atoms with Crippen LogP contribution in [0.4, 0.5) is 5.82 Å². The molecule has 0 spiro atoms. The van der Waals surface area contributed by atoms with Gasteiger partial charge in [-0.05, 0) is 37.4 Å². The molecule has 2 heterocycles. The summed E-state index contributed by atoms with van der Waals surface area (Å²) in [5.74, 6) is 1.36. The molecule has 2 rings (SSSR count). The number of ether oxygens (including phenoxy) is 1. The summed E-state index contributed by atoms with van der Waals surface area (Å²) in [4.78, 5) is 6.46. The van der Waals surface area contributed by atoms with Crippen molar-refractivity contribution in [2.45, 2.75) is 19.4 Å². The van der Waals surface area contributed by atoms with Crippen LogP contribution in [-0.2, 0) is 11.3 Å². The maximum atomic E-state index is 5.57. The van der Waals surface area contributed by atoms with Gasteiger partial charge in [0.25, 0.3) is 0 Å². The summed E-state index contributed by atoms with van der Waals surface area (Å²) in [5.41, 5.74) is 6.78. The molecule has 1 aromatic heterocycles. The second-order valence-corrected chi connectivity index (χ2v) is 4.84. The third kappa shape index (κ3) is 3.98. The number of rotatable bonds is 4. The lowest BCUT2D eigenvalue weighted by Gasteiger charge is -2.27. The van der Waals surface area contributed by atoms with Crippen molar-refractivity contribution < 1.29 is 4.74 Å². The van der Waals surface area contributed by atoms with Crippen molar-refractivity contribution >= 4 is 5.82 Å². The van der Waals surface area contributed by atoms with Gasteiger partial charge >= 0.3 is 0 Å². The molecule has 0 radical (unpaired) electrons. The lowest BCUT2D eigenvalue weighted by Crippen LogP contribution is -2.29. The standard InChI is InChI=1S/C13H21N3O/c1-16(9-11-4-6-17-7-5-11)10-12-2-3-13(14)15-8-12/h2-3,8,11H,4-7,9-10H2,1H3,(H2,14,15). The number of pyridine rings is 1. The highest BCUT2D eigenvalue weighted by Crippen LogP contribution is 2.16. The zero-order chi connectivity index (χ0) is 12.1. The largest absolute Gasteiger partial charge is 0.384 e. The number of nitrogen functional groups attached to an aromatic ring is 1. The van der Waals surface area contributed by atoms with E-state index in [4.69, 9.17) is 10.5 Å². The first kappa shape index (κ1) is 12.3. The Morgan fingerprint density at radius 1 is 1.41 bits per heavy atom. The van der Waals surface area contributed by atoms with E-state index in [2.05, 4.69) is 16.9 Å². The van der Waals surface area contributed by atoms with Crippen molar-refractivity contribution in [1.82, 2.24) is 9.88 Å². The average molecular weight is 235 g/mol. The van der Waals surface area contributed by atoms with Crippen LogP contribution < -0.4 is 5.73 Å². The van der Waals surface area contributed by atoms with Crippen molar-refractivity contribution in [3.63, 3.8) is 0 Å². The van der Waals surface area contributed by atoms with Gasteiger partial charge in [-0.1, -0.05) is 6.07 Å². The Hall–Kier alpha value is -1.13. The summed E-state index contributed by atoms with van der Waals surface area (Å²) in [6, 6.07) is 3.90. The Kier molecular flexibility index (Phi) is 4.34. The second-order valence-electron chi connectivity index (χ2n) is 4.84. The highest BCUT2D eigenvalue weighted by molar-refractivity contribution is 5.29. The SMILES string of the molecule is CN(Cc1ccc(N)nc1)CC1CCOCC1. The van der Waals surface area contributed by atoms with Crippen LogP contribution in [-0.4, -0.2) is 36.7 Å². The van der Waals surface area contributed by atoms with Gasteiger partial charge in [-0.2, -0.15) is 0 Å². The minimum absolute atomic E-state index is 0.584. The molecule has 94 valence electrons. The second kappa shape index (κ2) is 5.98. The lowest BCUT2D eigenvalue weighted by atomic mass is 10.00. The van der Waals surface area contributed by atoms with Crippen molar-refractivity contribution in [1.29, 1.82) is 0 Å². The lowest BCUT2D eigenvalue weighted by molar-refractivity contribution is 0.0549. The molecule has 4 heteroatoms. The van der Waals surface area contributed by atoms with Crippen LogP contribution in [0, 0.1) is 5.92 Å². The van der Waals surface area contributed by atoms with E-state index in [9.17, 15) is 0 Å². The van der Waals surface area contributed by atoms with E-state index in [0.29, 0.717) is 5.82 Å². The summed E-state index contributed by atoms with van der Waals surface area (Å²) >= 11 is 0. The first-order valence-corrected chi connectivity index (χ1v) is 6.21. The number of nitrogens with zero attached hydrogens (tertiary/aromatic N) is 2. The van der Waals surface area contributed by atoms with Crippen LogP contribution in [0.5, 0.6) is 0 Å². The van der Waals surface area contributed by atoms with Crippen LogP contribution in [0.25, 0.3) is 0 Å². The normalized spacial score (nSPS) is 17.5. The molecule has 0 unspecified atom stereocenters. The smallest absolute Gasteiger partial charge is 0.123 e. The zero-order valence-electron chi connectivity index (χ0n) is 10.4. The predicted molar refractivity (Wildman–Crippen MR) is 68.5 cm³/mol. The van der Waals surface area contributed by atoms with Gasteiger partial charge in [0.05, 0.1) is 0 Å². The Morgan fingerprint density at radius 3 is 2.82 bits per heavy atom. The van der Waals surface area contributed by atoms with Crippen LogP contribution in [0.15, 0.2) is 18.3 Å². The van der Waals surface area contributed by atoms with Crippen LogP contribution in [0.2, 0.25) is 0 Å². The molecule has 1 aromatic rings. The summed E-state index contributed by atoms with van der Waals surface area (Å²) in [6.45, 7) is 3.90. The van der Waals surface area contributed by atoms with E-state index >= 15 is 0 Å². The van der Waals surface area contributed by atoms with Crippen molar-refractivity contribution in [3.05, 3.63) is 23.9 Å². The molecule has 17 heavy (non-hydrogen) atoms. The molecule has 1 aliphatic rings. The summed E-state index contributed by atoms with van der Waals surface area (Å²) in [5, 5.41) is 0. The molecular weight excluding hydrogens is 214 g/mol. The van der Waals surface area contributed by atoms with Crippen LogP contribution >= 0.6 is 0 Å². The molecule has 2 N–H and O–H groups in total. The van der Waals surface area contributed by atoms with E-state index in [1.165, 1.54) is 18.4 Å². The molecule has 0 amide bonds. The van der Waals surface area contributed by atoms with Crippen molar-refractivity contribution in [2.75, 3.05) is 32.5 Å². The number of aromatic nitrogens is 1. The van der Waals surface area contributed by atoms with E-state index in [-0.39, 0.29) is 0 Å². The van der Waals surface area contributed by atoms with Gasteiger partial charge in [-0.15, -0.1) is 0 Å². The van der Waals surface area contributed by atoms with Gasteiger partial charge in [-0.3, -0.25) is 0 Å². The van der Waals surface area contributed by atoms with Gasteiger partial charge in [0.2, 0.25) is 0 Å². The first-order chi connectivity index (χ1) is 8.24. The zero-order valence-corrected chi connectivity index (χ0v) is 10.4. The first-order valence-electron chi connectivity index (χ1n) is 6.21. The minimum Gasteiger partial charge on any atom is -0.384 e. The molecule has 1 aliphatic heterocycles. The summed E-state index contributed by atoms with van der Waals surface area (Å²) in [7, 11) is 2.16. The molecule has 0 bridgehead atoms. The van der Waals surface area contributed by atoms with E-state index in [1.807, 2.05) is 18.3 Å². The average Bonchev–Trinajstić information content (AvgIpc) is 2.33. The van der Waals surface area contributed by atoms with E-state index < -0.39 is 0 Å². The molecular formula is C13H21N3O. The number of hydrogen-bond acceptors (Lipinski definition) is 4. The van der Waals surface area contributed by atoms with Crippen molar-refractivity contribution in [2.24, 2.45) is 5.92 Å². The molecule has 0 saturated carbocycles. The molecule has 4 nitrogen and oxygen atoms in total. The highest BCUT2D eigenvalue weighted by Gasteiger charge is 2.15. The molecule has 0 aliphatic carbocycles. The fourth-order valence-corrected chi connectivity index (χ4v) is 2.28. The Labute approximate surface area is 103 Å². The molecule has 0 aromatic carbocycles. The third-order valence-corrected chi connectivity index (χ3v) is 3.21. The maximum absolute atomic E-state index is 5.57. The van der Waals surface area contributed by atoms with Gasteiger partial charge in [-0.25, -0.2) is 4.98 Å². The summed E-state index contributed by atoms with van der Waals surface area (Å²) < 4.78 is 5.37. The molecule has 0 atom stereocenters. The Balaban J connectivity index is 1.79. The van der Waals surface area contributed by atoms with Gasteiger partial charge in [0.15, 0.2) is 0 Å². The van der Waals surface area contributed by atoms with Crippen LogP contribution in [0.1, 0.15) is 18.4 Å². The fraction of sp³-hybridized carbons (Fsp3) is 0.615. The van der Waals surface area contributed by atoms with Gasteiger partial charge in [0.1, 0.15) is 5.82 Å². The Bertz CT molecular complexity index is 333. The molecule has 1 fully saturated rings. The fourth-order valence-electron chi connectivity index (χ4n) is 2.28. The van der Waals surface area contributed by atoms with Gasteiger partial charge in [0, 0.05) is 32.5 Å². The molecule has 1 saturated heterocycles. The van der Waals surface area contributed by atoms with E-state index in [1.54, 1.807) is 0 Å². The quantitative estimate of drug-likeness (QED) is 0.859. The monoisotopic (exact) mass is 235 g/mol. The maximum Gasteiger partial charge on any atom is 0.123 e. The van der Waals surface area contributed by atoms with Gasteiger partial charge < -0.3 is 15.4 Å². The van der Waals surface area contributed by atoms with E-state index in [0.717, 1.165) is 32.2 Å². The van der Waals surface area contributed by atoms with Crippen molar-refractivity contribution in [3.8, 4) is 0 Å². The third-order valence-electron chi connectivity index (χ3n) is 3.21. The highest BCUT2D eigenvalue weighted by atomic mass is 16.5. The number of nitrogens with two attached hydrogens (primary N) is 1. The summed E-state index contributed by atoms with van der Waals surface area (Å²) in [6.07, 6.45) is 4.23. The predicted octanol–water partition coefficient (Wildman–Crippen LogP) is 1.52. The number of hydrogen-bond donors (Lipinski definition) is 1. The number of anilines is 1. The van der Waals surface area contributed by atoms with Crippen LogP contribution in [0.3, 0.4) is 0 Å². The minimum atomic E-state index is 0.584. The topological polar surface area (TPSA) is 51.4 Å².